The lowest BCUT2D eigenvalue weighted by Crippen LogP contribution is -1.93. The topological polar surface area (TPSA) is 51.6 Å². The molecule has 4 heteroatoms. The van der Waals surface area contributed by atoms with E-state index in [0.717, 1.165) is 34.2 Å². The minimum Gasteiger partial charge on any atom is -0.237 e. The van der Waals surface area contributed by atoms with Gasteiger partial charge >= 0.3 is 0 Å². The summed E-state index contributed by atoms with van der Waals surface area (Å²) in [6.07, 6.45) is 3.62. The van der Waals surface area contributed by atoms with Crippen LogP contribution in [0.3, 0.4) is 0 Å². The quantitative estimate of drug-likeness (QED) is 0.220. The Balaban J connectivity index is 1.40. The van der Waals surface area contributed by atoms with Gasteiger partial charge in [0, 0.05) is 34.9 Å². The summed E-state index contributed by atoms with van der Waals surface area (Å²) in [7, 11) is 0. The minimum atomic E-state index is 0.746. The van der Waals surface area contributed by atoms with Crippen molar-refractivity contribution in [3.63, 3.8) is 0 Å². The van der Waals surface area contributed by atoms with Crippen LogP contribution in [0.4, 0.5) is 0 Å². The molecule has 0 N–H and O–H groups in total. The third-order valence-corrected chi connectivity index (χ3v) is 7.38. The maximum atomic E-state index is 4.60. The first kappa shape index (κ1) is 23.9. The Labute approximate surface area is 233 Å². The molecule has 0 fully saturated rings. The third kappa shape index (κ3) is 4.20. The van der Waals surface area contributed by atoms with E-state index in [2.05, 4.69) is 117 Å². The van der Waals surface area contributed by atoms with E-state index in [-0.39, 0.29) is 0 Å². The number of hydrogen-bond donors (Lipinski definition) is 0. The summed E-state index contributed by atoms with van der Waals surface area (Å²) in [6.45, 7) is 3.98. The Bertz CT molecular complexity index is 1810. The van der Waals surface area contributed by atoms with Crippen molar-refractivity contribution in [3.8, 4) is 45.0 Å². The summed E-state index contributed by atoms with van der Waals surface area (Å²) < 4.78 is 0. The highest BCUT2D eigenvalue weighted by Gasteiger charge is 2.17. The lowest BCUT2D eigenvalue weighted by molar-refractivity contribution is 1.11. The smallest absolute Gasteiger partial charge is 0.159 e. The molecule has 2 heterocycles. The van der Waals surface area contributed by atoms with E-state index in [0.29, 0.717) is 0 Å². The molecule has 2 aromatic heterocycles. The van der Waals surface area contributed by atoms with Gasteiger partial charge < -0.3 is 0 Å². The molecule has 0 radical (unpaired) electrons. The largest absolute Gasteiger partial charge is 0.237 e. The Morgan fingerprint density at radius 1 is 0.375 bits per heavy atom. The Kier molecular flexibility index (Phi) is 5.86. The van der Waals surface area contributed by atoms with Crippen molar-refractivity contribution in [1.29, 1.82) is 0 Å². The van der Waals surface area contributed by atoms with E-state index in [9.17, 15) is 0 Å². The van der Waals surface area contributed by atoms with E-state index in [4.69, 9.17) is 0 Å². The number of hydrogen-bond acceptors (Lipinski definition) is 4. The zero-order valence-electron chi connectivity index (χ0n) is 22.3. The zero-order valence-corrected chi connectivity index (χ0v) is 22.3. The van der Waals surface area contributed by atoms with Gasteiger partial charge in [0.2, 0.25) is 0 Å². The van der Waals surface area contributed by atoms with E-state index in [1.54, 1.807) is 0 Å². The minimum absolute atomic E-state index is 0.746. The van der Waals surface area contributed by atoms with Gasteiger partial charge in [0.1, 0.15) is 0 Å². The van der Waals surface area contributed by atoms with Crippen LogP contribution in [0.15, 0.2) is 122 Å². The highest BCUT2D eigenvalue weighted by atomic mass is 14.9. The standard InChI is InChI=1S/C36H26N4/c1-23-19-21-37-35(39-23)27-15-11-25(12-16-27)33-29-7-3-5-9-31(29)34(32-10-6-4-8-30(32)33)26-13-17-28(18-14-26)36-38-22-20-24(2)40-36/h3-22H,1-2H3. The van der Waals surface area contributed by atoms with E-state index < -0.39 is 0 Å². The van der Waals surface area contributed by atoms with Gasteiger partial charge in [-0.3, -0.25) is 0 Å². The van der Waals surface area contributed by atoms with Crippen LogP contribution >= 0.6 is 0 Å². The maximum absolute atomic E-state index is 4.60. The fraction of sp³-hybridized carbons (Fsp3) is 0.0556. The van der Waals surface area contributed by atoms with E-state index in [1.165, 1.54) is 43.8 Å². The van der Waals surface area contributed by atoms with Crippen LogP contribution in [-0.4, -0.2) is 19.9 Å². The molecule has 5 aromatic carbocycles. The summed E-state index contributed by atoms with van der Waals surface area (Å²) in [6, 6.07) is 38.5. The Morgan fingerprint density at radius 2 is 0.700 bits per heavy atom. The van der Waals surface area contributed by atoms with Gasteiger partial charge in [-0.25, -0.2) is 19.9 Å². The second-order valence-corrected chi connectivity index (χ2v) is 10.0. The molecule has 4 nitrogen and oxygen atoms in total. The molecule has 7 rings (SSSR count). The molecule has 0 saturated carbocycles. The SMILES string of the molecule is Cc1ccnc(-c2ccc(-c3c4ccccc4c(-c4ccc(-c5nccc(C)n5)cc4)c4ccccc34)cc2)n1. The van der Waals surface area contributed by atoms with Crippen LogP contribution in [0, 0.1) is 13.8 Å². The van der Waals surface area contributed by atoms with Gasteiger partial charge in [0.15, 0.2) is 11.6 Å². The number of rotatable bonds is 4. The number of aromatic nitrogens is 4. The highest BCUT2D eigenvalue weighted by Crippen LogP contribution is 2.43. The van der Waals surface area contributed by atoms with Gasteiger partial charge in [-0.2, -0.15) is 0 Å². The fourth-order valence-electron chi connectivity index (χ4n) is 5.50. The second kappa shape index (κ2) is 9.83. The van der Waals surface area contributed by atoms with Crippen molar-refractivity contribution in [2.75, 3.05) is 0 Å². The summed E-state index contributed by atoms with van der Waals surface area (Å²) in [4.78, 5) is 18.1. The van der Waals surface area contributed by atoms with Gasteiger partial charge in [0.25, 0.3) is 0 Å². The first-order valence-corrected chi connectivity index (χ1v) is 13.4. The molecule has 7 aromatic rings. The van der Waals surface area contributed by atoms with Crippen LogP contribution in [-0.2, 0) is 0 Å². The Hall–Kier alpha value is -5.22. The van der Waals surface area contributed by atoms with Crippen molar-refractivity contribution >= 4 is 21.5 Å². The maximum Gasteiger partial charge on any atom is 0.159 e. The second-order valence-electron chi connectivity index (χ2n) is 10.0. The van der Waals surface area contributed by atoms with Crippen molar-refractivity contribution in [3.05, 3.63) is 133 Å². The molecule has 0 unspecified atom stereocenters. The van der Waals surface area contributed by atoms with Gasteiger partial charge in [-0.05, 0) is 69.8 Å². The van der Waals surface area contributed by atoms with Crippen LogP contribution in [0.25, 0.3) is 66.6 Å². The first-order chi connectivity index (χ1) is 19.7. The molecular weight excluding hydrogens is 488 g/mol. The molecule has 0 aliphatic carbocycles. The molecule has 0 atom stereocenters. The van der Waals surface area contributed by atoms with Gasteiger partial charge in [-0.15, -0.1) is 0 Å². The summed E-state index contributed by atoms with van der Waals surface area (Å²) >= 11 is 0. The van der Waals surface area contributed by atoms with Crippen LogP contribution in [0.1, 0.15) is 11.4 Å². The first-order valence-electron chi connectivity index (χ1n) is 13.4. The van der Waals surface area contributed by atoms with Crippen LogP contribution in [0.5, 0.6) is 0 Å². The molecule has 0 amide bonds. The predicted octanol–water partition coefficient (Wildman–Crippen LogP) is 8.86. The monoisotopic (exact) mass is 514 g/mol. The summed E-state index contributed by atoms with van der Waals surface area (Å²) in [5, 5.41) is 4.90. The molecule has 0 aliphatic rings. The van der Waals surface area contributed by atoms with Crippen molar-refractivity contribution in [1.82, 2.24) is 19.9 Å². The molecule has 0 aliphatic heterocycles. The highest BCUT2D eigenvalue weighted by molar-refractivity contribution is 6.21. The average Bonchev–Trinajstić information content (AvgIpc) is 3.00. The molecule has 0 saturated heterocycles. The predicted molar refractivity (Wildman–Crippen MR) is 164 cm³/mol. The van der Waals surface area contributed by atoms with Crippen molar-refractivity contribution < 1.29 is 0 Å². The average molecular weight is 515 g/mol. The molecule has 40 heavy (non-hydrogen) atoms. The zero-order chi connectivity index (χ0) is 27.1. The van der Waals surface area contributed by atoms with Crippen LogP contribution < -0.4 is 0 Å². The Morgan fingerprint density at radius 3 is 1.02 bits per heavy atom. The number of aryl methyl sites for hydroxylation is 2. The lowest BCUT2D eigenvalue weighted by atomic mass is 9.85. The van der Waals surface area contributed by atoms with Gasteiger partial charge in [-0.1, -0.05) is 97.1 Å². The normalized spacial score (nSPS) is 11.2. The van der Waals surface area contributed by atoms with Crippen molar-refractivity contribution in [2.45, 2.75) is 13.8 Å². The molecular formula is C36H26N4. The van der Waals surface area contributed by atoms with Crippen molar-refractivity contribution in [2.24, 2.45) is 0 Å². The fourth-order valence-corrected chi connectivity index (χ4v) is 5.50. The molecule has 0 bridgehead atoms. The number of fused-ring (bicyclic) bond motifs is 2. The molecule has 0 spiro atoms. The number of benzene rings is 5. The third-order valence-electron chi connectivity index (χ3n) is 7.38. The summed E-state index contributed by atoms with van der Waals surface area (Å²) in [5.41, 5.74) is 8.74. The lowest BCUT2D eigenvalue weighted by Gasteiger charge is -2.18. The van der Waals surface area contributed by atoms with Crippen LogP contribution in [0.2, 0.25) is 0 Å². The number of nitrogens with zero attached hydrogens (tertiary/aromatic N) is 4. The molecule has 190 valence electrons. The van der Waals surface area contributed by atoms with E-state index >= 15 is 0 Å². The van der Waals surface area contributed by atoms with Gasteiger partial charge in [0.05, 0.1) is 0 Å². The van der Waals surface area contributed by atoms with E-state index in [1.807, 2.05) is 38.4 Å². The summed E-state index contributed by atoms with van der Waals surface area (Å²) in [5.74, 6) is 1.49.